The molecule has 1 amide bonds. The van der Waals surface area contributed by atoms with Crippen molar-refractivity contribution >= 4 is 32.7 Å². The maximum Gasteiger partial charge on any atom is 0.266 e. The highest BCUT2D eigenvalue weighted by molar-refractivity contribution is 9.10. The molecule has 0 bridgehead atoms. The summed E-state index contributed by atoms with van der Waals surface area (Å²) in [6.07, 6.45) is 3.22. The zero-order valence-electron chi connectivity index (χ0n) is 22.3. The molecule has 1 atom stereocenters. The second-order valence-corrected chi connectivity index (χ2v) is 9.98. The van der Waals surface area contributed by atoms with Crippen molar-refractivity contribution in [2.75, 3.05) is 21.3 Å². The van der Waals surface area contributed by atoms with Gasteiger partial charge in [-0.3, -0.25) is 14.2 Å². The van der Waals surface area contributed by atoms with Crippen LogP contribution in [0.4, 0.5) is 0 Å². The summed E-state index contributed by atoms with van der Waals surface area (Å²) < 4.78 is 13.1. The fourth-order valence-corrected chi connectivity index (χ4v) is 4.97. The Morgan fingerprint density at radius 3 is 2.45 bits per heavy atom. The quantitative estimate of drug-likeness (QED) is 0.232. The first-order chi connectivity index (χ1) is 18.3. The lowest BCUT2D eigenvalue weighted by atomic mass is 10.1. The zero-order chi connectivity index (χ0) is 27.4. The van der Waals surface area contributed by atoms with Crippen molar-refractivity contribution in [3.05, 3.63) is 92.4 Å². The van der Waals surface area contributed by atoms with Crippen molar-refractivity contribution in [1.29, 1.82) is 0 Å². The van der Waals surface area contributed by atoms with E-state index in [9.17, 15) is 9.59 Å². The van der Waals surface area contributed by atoms with Gasteiger partial charge in [-0.2, -0.15) is 0 Å². The molecule has 0 aliphatic heterocycles. The molecule has 38 heavy (non-hydrogen) atoms. The summed E-state index contributed by atoms with van der Waals surface area (Å²) in [6, 6.07) is 17.9. The molecule has 1 heterocycles. The van der Waals surface area contributed by atoms with Gasteiger partial charge in [-0.05, 0) is 65.5 Å². The Labute approximate surface area is 231 Å². The highest BCUT2D eigenvalue weighted by Gasteiger charge is 2.26. The first kappa shape index (κ1) is 27.4. The number of halogens is 1. The number of rotatable bonds is 9. The van der Waals surface area contributed by atoms with E-state index >= 15 is 0 Å². The fraction of sp³-hybridized carbons (Fsp3) is 0.300. The van der Waals surface area contributed by atoms with Gasteiger partial charge in [0.15, 0.2) is 0 Å². The van der Waals surface area contributed by atoms with Crippen LogP contribution in [-0.4, -0.2) is 41.6 Å². The van der Waals surface area contributed by atoms with Crippen LogP contribution in [0.2, 0.25) is 0 Å². The lowest BCUT2D eigenvalue weighted by Crippen LogP contribution is -2.35. The minimum Gasteiger partial charge on any atom is -0.497 e. The highest BCUT2D eigenvalue weighted by Crippen LogP contribution is 2.37. The summed E-state index contributed by atoms with van der Waals surface area (Å²) in [5, 5.41) is 0.466. The Morgan fingerprint density at radius 1 is 1.08 bits per heavy atom. The molecule has 0 saturated carbocycles. The van der Waals surface area contributed by atoms with E-state index in [1.807, 2.05) is 37.3 Å². The van der Waals surface area contributed by atoms with Crippen LogP contribution in [-0.2, 0) is 6.42 Å². The summed E-state index contributed by atoms with van der Waals surface area (Å²) in [4.78, 5) is 33.9. The molecule has 7 nitrogen and oxygen atoms in total. The Hall–Kier alpha value is -3.65. The molecule has 198 valence electrons. The molecular weight excluding hydrogens is 546 g/mol. The van der Waals surface area contributed by atoms with Crippen molar-refractivity contribution in [3.63, 3.8) is 0 Å². The van der Waals surface area contributed by atoms with Gasteiger partial charge in [0.2, 0.25) is 0 Å². The van der Waals surface area contributed by atoms with E-state index in [1.165, 1.54) is 10.1 Å². The number of carbonyl (C=O) groups excluding carboxylic acids is 1. The SMILES string of the molecule is CCCCc1ccc(C(=O)N(C)C(C)c2nc3ccccc3c(=O)n2-c2cc(OC)cc(OC)c2Br)cc1. The number of methoxy groups -OCH3 is 2. The number of amides is 1. The van der Waals surface area contributed by atoms with Gasteiger partial charge in [-0.15, -0.1) is 0 Å². The number of ether oxygens (including phenoxy) is 2. The van der Waals surface area contributed by atoms with E-state index in [4.69, 9.17) is 14.5 Å². The van der Waals surface area contributed by atoms with Crippen molar-refractivity contribution in [2.45, 2.75) is 39.2 Å². The molecule has 0 radical (unpaired) electrons. The predicted molar refractivity (Wildman–Crippen MR) is 154 cm³/mol. The van der Waals surface area contributed by atoms with Crippen molar-refractivity contribution in [1.82, 2.24) is 14.5 Å². The van der Waals surface area contributed by atoms with Crippen LogP contribution < -0.4 is 15.0 Å². The van der Waals surface area contributed by atoms with E-state index in [0.29, 0.717) is 43.9 Å². The predicted octanol–water partition coefficient (Wildman–Crippen LogP) is 6.34. The third-order valence-electron chi connectivity index (χ3n) is 6.79. The van der Waals surface area contributed by atoms with Crippen LogP contribution in [0.15, 0.2) is 69.9 Å². The number of hydrogen-bond acceptors (Lipinski definition) is 5. The van der Waals surface area contributed by atoms with Crippen LogP contribution in [0.1, 0.15) is 54.5 Å². The molecule has 0 aliphatic rings. The first-order valence-electron chi connectivity index (χ1n) is 12.6. The normalized spacial score (nSPS) is 11.8. The Bertz CT molecular complexity index is 1510. The molecule has 0 N–H and O–H groups in total. The van der Waals surface area contributed by atoms with E-state index < -0.39 is 6.04 Å². The molecule has 4 rings (SSSR count). The first-order valence-corrected chi connectivity index (χ1v) is 13.4. The molecule has 0 spiro atoms. The van der Waals surface area contributed by atoms with Gasteiger partial charge >= 0.3 is 0 Å². The van der Waals surface area contributed by atoms with E-state index in [0.717, 1.165) is 19.3 Å². The molecule has 0 fully saturated rings. The van der Waals surface area contributed by atoms with Gasteiger partial charge in [-0.1, -0.05) is 37.6 Å². The molecule has 8 heteroatoms. The smallest absolute Gasteiger partial charge is 0.266 e. The average Bonchev–Trinajstić information content (AvgIpc) is 2.95. The molecule has 1 unspecified atom stereocenters. The van der Waals surface area contributed by atoms with E-state index in [2.05, 4.69) is 22.9 Å². The zero-order valence-corrected chi connectivity index (χ0v) is 23.9. The number of aryl methyl sites for hydroxylation is 1. The lowest BCUT2D eigenvalue weighted by Gasteiger charge is -2.27. The minimum atomic E-state index is -0.538. The van der Waals surface area contributed by atoms with Gasteiger partial charge in [0.25, 0.3) is 11.5 Å². The lowest BCUT2D eigenvalue weighted by molar-refractivity contribution is 0.0735. The van der Waals surface area contributed by atoms with E-state index in [-0.39, 0.29) is 11.5 Å². The third-order valence-corrected chi connectivity index (χ3v) is 7.58. The Kier molecular flexibility index (Phi) is 8.52. The van der Waals surface area contributed by atoms with Gasteiger partial charge < -0.3 is 14.4 Å². The fourth-order valence-electron chi connectivity index (χ4n) is 4.40. The van der Waals surface area contributed by atoms with Crippen molar-refractivity contribution in [3.8, 4) is 17.2 Å². The van der Waals surface area contributed by atoms with Crippen LogP contribution in [0.5, 0.6) is 11.5 Å². The number of carbonyl (C=O) groups is 1. The van der Waals surface area contributed by atoms with Crippen LogP contribution in [0.25, 0.3) is 16.6 Å². The number of aromatic nitrogens is 2. The number of unbranched alkanes of at least 4 members (excludes halogenated alkanes) is 1. The summed E-state index contributed by atoms with van der Waals surface area (Å²) in [5.41, 5.74) is 2.60. The standard InChI is InChI=1S/C30H32BrN3O4/c1-6-7-10-20-13-15-21(16-14-20)29(35)33(3)19(2)28-32-24-12-9-8-11-23(24)30(36)34(28)25-17-22(37-4)18-26(38-5)27(25)31/h8-9,11-19H,6-7,10H2,1-5H3. The maximum absolute atomic E-state index is 13.9. The van der Waals surface area contributed by atoms with Crippen molar-refractivity contribution in [2.24, 2.45) is 0 Å². The minimum absolute atomic E-state index is 0.157. The average molecular weight is 579 g/mol. The number of para-hydroxylation sites is 1. The van der Waals surface area contributed by atoms with Gasteiger partial charge in [0, 0.05) is 24.7 Å². The monoisotopic (exact) mass is 577 g/mol. The second kappa shape index (κ2) is 11.8. The number of hydrogen-bond donors (Lipinski definition) is 0. The molecule has 4 aromatic rings. The van der Waals surface area contributed by atoms with Crippen LogP contribution >= 0.6 is 15.9 Å². The van der Waals surface area contributed by atoms with Crippen LogP contribution in [0, 0.1) is 0 Å². The van der Waals surface area contributed by atoms with Gasteiger partial charge in [0.05, 0.1) is 41.3 Å². The van der Waals surface area contributed by atoms with E-state index in [1.54, 1.807) is 56.5 Å². The van der Waals surface area contributed by atoms with Gasteiger partial charge in [0.1, 0.15) is 17.3 Å². The summed E-state index contributed by atoms with van der Waals surface area (Å²) in [7, 11) is 4.83. The summed E-state index contributed by atoms with van der Waals surface area (Å²) in [5.74, 6) is 1.29. The molecule has 0 aliphatic carbocycles. The van der Waals surface area contributed by atoms with Crippen LogP contribution in [0.3, 0.4) is 0 Å². The Morgan fingerprint density at radius 2 is 1.79 bits per heavy atom. The van der Waals surface area contributed by atoms with Crippen molar-refractivity contribution < 1.29 is 14.3 Å². The summed E-state index contributed by atoms with van der Waals surface area (Å²) in [6.45, 7) is 4.03. The second-order valence-electron chi connectivity index (χ2n) is 9.18. The summed E-state index contributed by atoms with van der Waals surface area (Å²) >= 11 is 3.60. The number of fused-ring (bicyclic) bond motifs is 1. The van der Waals surface area contributed by atoms with Gasteiger partial charge in [-0.25, -0.2) is 4.98 Å². The number of nitrogens with zero attached hydrogens (tertiary/aromatic N) is 3. The maximum atomic E-state index is 13.9. The third kappa shape index (κ3) is 5.31. The molecule has 3 aromatic carbocycles. The topological polar surface area (TPSA) is 73.7 Å². The Balaban J connectivity index is 1.84. The number of benzene rings is 3. The molecule has 0 saturated heterocycles. The highest BCUT2D eigenvalue weighted by atomic mass is 79.9. The largest absolute Gasteiger partial charge is 0.497 e. The molecular formula is C30H32BrN3O4. The molecule has 1 aromatic heterocycles.